The summed E-state index contributed by atoms with van der Waals surface area (Å²) in [5, 5.41) is -0.319. The molecule has 0 amide bonds. The summed E-state index contributed by atoms with van der Waals surface area (Å²) in [7, 11) is 0. The van der Waals surface area contributed by atoms with Crippen molar-refractivity contribution < 1.29 is 8.78 Å². The lowest BCUT2D eigenvalue weighted by Gasteiger charge is -2.29. The Morgan fingerprint density at radius 3 is 2.67 bits per heavy atom. The Kier molecular flexibility index (Phi) is 2.77. The second-order valence-electron chi connectivity index (χ2n) is 4.77. The van der Waals surface area contributed by atoms with Gasteiger partial charge in [0.05, 0.1) is 10.9 Å². The molecule has 1 heterocycles. The maximum Gasteiger partial charge on any atom is 0.184 e. The standard InChI is InChI=1S/C13H13ClF2N2/c1-7(14)13-17-10-6-5-9(15)11(16)12(10)18(13)8-3-2-4-8/h5-8H,2-4H2,1H3. The van der Waals surface area contributed by atoms with Crippen molar-refractivity contribution in [3.8, 4) is 0 Å². The van der Waals surface area contributed by atoms with E-state index >= 15 is 0 Å². The summed E-state index contributed by atoms with van der Waals surface area (Å²) in [6, 6.07) is 2.81. The molecule has 96 valence electrons. The zero-order chi connectivity index (χ0) is 12.9. The highest BCUT2D eigenvalue weighted by Gasteiger charge is 2.28. The summed E-state index contributed by atoms with van der Waals surface area (Å²) >= 11 is 6.10. The van der Waals surface area contributed by atoms with Crippen molar-refractivity contribution in [1.29, 1.82) is 0 Å². The first-order valence-electron chi connectivity index (χ1n) is 6.09. The summed E-state index contributed by atoms with van der Waals surface area (Å²) in [5.74, 6) is -1.03. The van der Waals surface area contributed by atoms with E-state index in [2.05, 4.69) is 4.98 Å². The fourth-order valence-electron chi connectivity index (χ4n) is 2.44. The van der Waals surface area contributed by atoms with Crippen LogP contribution in [0.4, 0.5) is 8.78 Å². The van der Waals surface area contributed by atoms with Crippen LogP contribution in [-0.4, -0.2) is 9.55 Å². The van der Waals surface area contributed by atoms with E-state index in [9.17, 15) is 8.78 Å². The largest absolute Gasteiger partial charge is 0.321 e. The van der Waals surface area contributed by atoms with Crippen LogP contribution >= 0.6 is 11.6 Å². The molecule has 0 aliphatic heterocycles. The number of fused-ring (bicyclic) bond motifs is 1. The van der Waals surface area contributed by atoms with Crippen LogP contribution in [0.5, 0.6) is 0 Å². The van der Waals surface area contributed by atoms with E-state index in [4.69, 9.17) is 11.6 Å². The number of rotatable bonds is 2. The molecule has 1 aliphatic carbocycles. The Morgan fingerprint density at radius 1 is 1.39 bits per heavy atom. The third-order valence-corrected chi connectivity index (χ3v) is 3.76. The van der Waals surface area contributed by atoms with Crippen LogP contribution in [0.15, 0.2) is 12.1 Å². The zero-order valence-electron chi connectivity index (χ0n) is 9.96. The zero-order valence-corrected chi connectivity index (χ0v) is 10.7. The SMILES string of the molecule is CC(Cl)c1nc2ccc(F)c(F)c2n1C1CCC1. The Hall–Kier alpha value is -1.16. The number of hydrogen-bond donors (Lipinski definition) is 0. The summed E-state index contributed by atoms with van der Waals surface area (Å²) in [6.45, 7) is 1.80. The predicted octanol–water partition coefficient (Wildman–Crippen LogP) is 4.34. The Morgan fingerprint density at radius 2 is 2.11 bits per heavy atom. The lowest BCUT2D eigenvalue weighted by atomic mass is 9.92. The van der Waals surface area contributed by atoms with Gasteiger partial charge in [-0.3, -0.25) is 0 Å². The number of hydrogen-bond acceptors (Lipinski definition) is 1. The molecule has 1 atom stereocenters. The maximum absolute atomic E-state index is 14.0. The molecule has 1 aromatic carbocycles. The molecule has 1 saturated carbocycles. The van der Waals surface area contributed by atoms with Crippen molar-refractivity contribution in [3.05, 3.63) is 29.6 Å². The number of nitrogens with zero attached hydrogens (tertiary/aromatic N) is 2. The lowest BCUT2D eigenvalue weighted by molar-refractivity contribution is 0.310. The average molecular weight is 271 g/mol. The van der Waals surface area contributed by atoms with E-state index in [1.54, 1.807) is 11.5 Å². The monoisotopic (exact) mass is 270 g/mol. The number of alkyl halides is 1. The van der Waals surface area contributed by atoms with E-state index < -0.39 is 11.6 Å². The highest BCUT2D eigenvalue weighted by Crippen LogP contribution is 2.38. The highest BCUT2D eigenvalue weighted by molar-refractivity contribution is 6.20. The fourth-order valence-corrected chi connectivity index (χ4v) is 2.59. The first-order chi connectivity index (χ1) is 8.59. The summed E-state index contributed by atoms with van der Waals surface area (Å²) in [4.78, 5) is 4.34. The molecular formula is C13H13ClF2N2. The third kappa shape index (κ3) is 1.62. The van der Waals surface area contributed by atoms with Crippen LogP contribution < -0.4 is 0 Å². The molecule has 2 nitrogen and oxygen atoms in total. The van der Waals surface area contributed by atoms with E-state index in [-0.39, 0.29) is 16.9 Å². The third-order valence-electron chi connectivity index (χ3n) is 3.57. The van der Waals surface area contributed by atoms with Crippen LogP contribution in [-0.2, 0) is 0 Å². The predicted molar refractivity (Wildman–Crippen MR) is 66.8 cm³/mol. The van der Waals surface area contributed by atoms with Crippen molar-refractivity contribution >= 4 is 22.6 Å². The van der Waals surface area contributed by atoms with Gasteiger partial charge >= 0.3 is 0 Å². The Balaban J connectivity index is 2.32. The molecule has 0 radical (unpaired) electrons. The molecule has 0 bridgehead atoms. The first kappa shape index (κ1) is 11.9. The molecule has 2 aromatic rings. The molecule has 0 saturated heterocycles. The molecule has 1 aromatic heterocycles. The number of imidazole rings is 1. The number of aromatic nitrogens is 2. The molecule has 3 rings (SSSR count). The average Bonchev–Trinajstić information content (AvgIpc) is 2.62. The van der Waals surface area contributed by atoms with Gasteiger partial charge in [0.25, 0.3) is 0 Å². The van der Waals surface area contributed by atoms with Crippen LogP contribution in [0.3, 0.4) is 0 Å². The fraction of sp³-hybridized carbons (Fsp3) is 0.462. The van der Waals surface area contributed by atoms with E-state index in [1.807, 2.05) is 0 Å². The summed E-state index contributed by atoms with van der Waals surface area (Å²) < 4.78 is 29.1. The van der Waals surface area contributed by atoms with Gasteiger partial charge in [0.1, 0.15) is 11.3 Å². The summed E-state index contributed by atoms with van der Waals surface area (Å²) in [5.41, 5.74) is 0.727. The smallest absolute Gasteiger partial charge is 0.184 e. The molecular weight excluding hydrogens is 258 g/mol. The first-order valence-corrected chi connectivity index (χ1v) is 6.53. The Labute approximate surface area is 109 Å². The van der Waals surface area contributed by atoms with Gasteiger partial charge in [-0.15, -0.1) is 11.6 Å². The molecule has 18 heavy (non-hydrogen) atoms. The van der Waals surface area contributed by atoms with Crippen LogP contribution in [0, 0.1) is 11.6 Å². The van der Waals surface area contributed by atoms with Crippen molar-refractivity contribution in [2.45, 2.75) is 37.6 Å². The quantitative estimate of drug-likeness (QED) is 0.742. The molecule has 0 N–H and O–H groups in total. The molecule has 1 unspecified atom stereocenters. The van der Waals surface area contributed by atoms with Crippen molar-refractivity contribution in [2.24, 2.45) is 0 Å². The van der Waals surface area contributed by atoms with Gasteiger partial charge in [-0.2, -0.15) is 0 Å². The van der Waals surface area contributed by atoms with Gasteiger partial charge in [-0.1, -0.05) is 0 Å². The minimum atomic E-state index is -0.836. The van der Waals surface area contributed by atoms with Crippen LogP contribution in [0.25, 0.3) is 11.0 Å². The van der Waals surface area contributed by atoms with Crippen molar-refractivity contribution in [2.75, 3.05) is 0 Å². The topological polar surface area (TPSA) is 17.8 Å². The molecule has 5 heteroatoms. The number of halogens is 3. The van der Waals surface area contributed by atoms with Gasteiger partial charge in [0.2, 0.25) is 0 Å². The minimum Gasteiger partial charge on any atom is -0.321 e. The van der Waals surface area contributed by atoms with Gasteiger partial charge in [-0.25, -0.2) is 13.8 Å². The van der Waals surface area contributed by atoms with Crippen molar-refractivity contribution in [3.63, 3.8) is 0 Å². The lowest BCUT2D eigenvalue weighted by Crippen LogP contribution is -2.20. The second-order valence-corrected chi connectivity index (χ2v) is 5.42. The molecule has 0 spiro atoms. The maximum atomic E-state index is 14.0. The van der Waals surface area contributed by atoms with Gasteiger partial charge in [0, 0.05) is 6.04 Å². The van der Waals surface area contributed by atoms with Gasteiger partial charge < -0.3 is 4.57 Å². The molecule has 1 fully saturated rings. The Bertz CT molecular complexity index is 603. The normalized spacial score (nSPS) is 18.0. The minimum absolute atomic E-state index is 0.197. The highest BCUT2D eigenvalue weighted by atomic mass is 35.5. The van der Waals surface area contributed by atoms with Crippen LogP contribution in [0.1, 0.15) is 43.4 Å². The van der Waals surface area contributed by atoms with Gasteiger partial charge in [-0.05, 0) is 38.3 Å². The van der Waals surface area contributed by atoms with Crippen molar-refractivity contribution in [1.82, 2.24) is 9.55 Å². The molecule has 1 aliphatic rings. The van der Waals surface area contributed by atoms with E-state index in [0.717, 1.165) is 25.3 Å². The van der Waals surface area contributed by atoms with E-state index in [0.29, 0.717) is 11.3 Å². The second kappa shape index (κ2) is 4.19. The summed E-state index contributed by atoms with van der Waals surface area (Å²) in [6.07, 6.45) is 3.05. The number of benzene rings is 1. The van der Waals surface area contributed by atoms with E-state index in [1.165, 1.54) is 6.07 Å². The van der Waals surface area contributed by atoms with Crippen LogP contribution in [0.2, 0.25) is 0 Å². The van der Waals surface area contributed by atoms with Gasteiger partial charge in [0.15, 0.2) is 11.6 Å².